The number of halogens is 1. The van der Waals surface area contributed by atoms with Crippen molar-refractivity contribution < 1.29 is 4.79 Å². The summed E-state index contributed by atoms with van der Waals surface area (Å²) >= 11 is 0. The summed E-state index contributed by atoms with van der Waals surface area (Å²) in [5.41, 5.74) is 6.70. The van der Waals surface area contributed by atoms with E-state index in [4.69, 9.17) is 5.73 Å². The van der Waals surface area contributed by atoms with Crippen molar-refractivity contribution in [1.82, 2.24) is 10.6 Å². The second-order valence-electron chi connectivity index (χ2n) is 3.79. The van der Waals surface area contributed by atoms with Gasteiger partial charge in [0.05, 0.1) is 6.54 Å². The third-order valence-corrected chi connectivity index (χ3v) is 2.32. The summed E-state index contributed by atoms with van der Waals surface area (Å²) in [6, 6.07) is 7.20. The summed E-state index contributed by atoms with van der Waals surface area (Å²) in [7, 11) is 0. The molecule has 6 heteroatoms. The minimum Gasteiger partial charge on any atom is -0.366 e. The van der Waals surface area contributed by atoms with Crippen LogP contribution in [0, 0.1) is 0 Å². The van der Waals surface area contributed by atoms with Crippen LogP contribution in [-0.4, -0.2) is 25.0 Å². The highest BCUT2D eigenvalue weighted by atomic mass is 127. The van der Waals surface area contributed by atoms with E-state index in [9.17, 15) is 4.79 Å². The van der Waals surface area contributed by atoms with E-state index >= 15 is 0 Å². The molecule has 106 valence electrons. The zero-order valence-electron chi connectivity index (χ0n) is 11.3. The maximum Gasteiger partial charge on any atom is 0.248 e. The van der Waals surface area contributed by atoms with Gasteiger partial charge in [0, 0.05) is 18.7 Å². The van der Waals surface area contributed by atoms with E-state index in [1.54, 1.807) is 12.1 Å². The molecule has 4 N–H and O–H groups in total. The fourth-order valence-corrected chi connectivity index (χ4v) is 1.50. The number of carbonyl (C=O) groups is 1. The lowest BCUT2D eigenvalue weighted by Crippen LogP contribution is -2.36. The van der Waals surface area contributed by atoms with Crippen LogP contribution in [0.1, 0.15) is 29.8 Å². The lowest BCUT2D eigenvalue weighted by molar-refractivity contribution is 0.1000. The highest BCUT2D eigenvalue weighted by molar-refractivity contribution is 14.0. The molecule has 0 heterocycles. The average Bonchev–Trinajstić information content (AvgIpc) is 2.37. The molecule has 0 aliphatic carbocycles. The first-order valence-electron chi connectivity index (χ1n) is 6.08. The molecule has 1 aromatic rings. The number of aliphatic imine (C=N–C) groups is 1. The number of benzene rings is 1. The molecule has 0 fully saturated rings. The van der Waals surface area contributed by atoms with E-state index < -0.39 is 5.91 Å². The first-order chi connectivity index (χ1) is 8.67. The maximum atomic E-state index is 11.1. The highest BCUT2D eigenvalue weighted by Crippen LogP contribution is 2.05. The molecule has 1 amide bonds. The fraction of sp³-hybridized carbons (Fsp3) is 0.385. The number of hydrogen-bond acceptors (Lipinski definition) is 2. The van der Waals surface area contributed by atoms with Crippen LogP contribution in [0.25, 0.3) is 0 Å². The van der Waals surface area contributed by atoms with Gasteiger partial charge >= 0.3 is 0 Å². The number of amides is 1. The van der Waals surface area contributed by atoms with Gasteiger partial charge < -0.3 is 16.4 Å². The molecule has 0 unspecified atom stereocenters. The van der Waals surface area contributed by atoms with Crippen LogP contribution in [0.15, 0.2) is 29.3 Å². The Morgan fingerprint density at radius 3 is 2.42 bits per heavy atom. The summed E-state index contributed by atoms with van der Waals surface area (Å²) in [5.74, 6) is 0.351. The monoisotopic (exact) mass is 376 g/mol. The summed E-state index contributed by atoms with van der Waals surface area (Å²) in [4.78, 5) is 15.5. The zero-order chi connectivity index (χ0) is 13.4. The molecule has 0 aromatic heterocycles. The van der Waals surface area contributed by atoms with Gasteiger partial charge in [-0.2, -0.15) is 0 Å². The van der Waals surface area contributed by atoms with Crippen molar-refractivity contribution in [2.45, 2.75) is 20.4 Å². The Bertz CT molecular complexity index is 426. The number of nitrogens with one attached hydrogen (secondary N) is 2. The molecule has 0 aliphatic rings. The van der Waals surface area contributed by atoms with Crippen molar-refractivity contribution >= 4 is 35.8 Å². The first kappa shape index (κ1) is 17.7. The van der Waals surface area contributed by atoms with Gasteiger partial charge in [-0.25, -0.2) is 4.99 Å². The topological polar surface area (TPSA) is 79.5 Å². The molecular weight excluding hydrogens is 355 g/mol. The van der Waals surface area contributed by atoms with Crippen LogP contribution in [-0.2, 0) is 6.54 Å². The van der Waals surface area contributed by atoms with Gasteiger partial charge in [0.25, 0.3) is 0 Å². The Morgan fingerprint density at radius 1 is 1.26 bits per heavy atom. The molecule has 5 nitrogen and oxygen atoms in total. The van der Waals surface area contributed by atoms with Gasteiger partial charge in [-0.15, -0.1) is 24.0 Å². The molecule has 0 saturated carbocycles. The minimum absolute atomic E-state index is 0. The van der Waals surface area contributed by atoms with Crippen molar-refractivity contribution in [3.05, 3.63) is 35.4 Å². The summed E-state index contributed by atoms with van der Waals surface area (Å²) in [5, 5.41) is 6.28. The van der Waals surface area contributed by atoms with Crippen LogP contribution in [0.4, 0.5) is 0 Å². The molecule has 0 bridgehead atoms. The summed E-state index contributed by atoms with van der Waals surface area (Å²) < 4.78 is 0. The lowest BCUT2D eigenvalue weighted by atomic mass is 10.1. The van der Waals surface area contributed by atoms with E-state index in [0.717, 1.165) is 24.6 Å². The van der Waals surface area contributed by atoms with Gasteiger partial charge in [0.2, 0.25) is 5.91 Å². The smallest absolute Gasteiger partial charge is 0.248 e. The first-order valence-corrected chi connectivity index (χ1v) is 6.08. The molecule has 0 atom stereocenters. The Balaban J connectivity index is 0.00000324. The van der Waals surface area contributed by atoms with E-state index in [2.05, 4.69) is 15.6 Å². The van der Waals surface area contributed by atoms with Crippen molar-refractivity contribution in [3.8, 4) is 0 Å². The van der Waals surface area contributed by atoms with Crippen molar-refractivity contribution in [2.75, 3.05) is 13.1 Å². The second-order valence-corrected chi connectivity index (χ2v) is 3.79. The van der Waals surface area contributed by atoms with Crippen LogP contribution in [0.5, 0.6) is 0 Å². The highest BCUT2D eigenvalue weighted by Gasteiger charge is 2.01. The molecular formula is C13H21IN4O. The van der Waals surface area contributed by atoms with Gasteiger partial charge in [0.1, 0.15) is 0 Å². The number of hydrogen-bond donors (Lipinski definition) is 3. The molecule has 0 radical (unpaired) electrons. The Labute approximate surface area is 131 Å². The quantitative estimate of drug-likeness (QED) is 0.414. The van der Waals surface area contributed by atoms with Crippen molar-refractivity contribution in [3.63, 3.8) is 0 Å². The van der Waals surface area contributed by atoms with E-state index in [0.29, 0.717) is 12.1 Å². The number of primary amides is 1. The molecule has 19 heavy (non-hydrogen) atoms. The van der Waals surface area contributed by atoms with Crippen molar-refractivity contribution in [1.29, 1.82) is 0 Å². The van der Waals surface area contributed by atoms with Crippen LogP contribution < -0.4 is 16.4 Å². The van der Waals surface area contributed by atoms with Crippen LogP contribution in [0.3, 0.4) is 0 Å². The van der Waals surface area contributed by atoms with Crippen molar-refractivity contribution in [2.24, 2.45) is 10.7 Å². The van der Waals surface area contributed by atoms with Gasteiger partial charge in [0.15, 0.2) is 5.96 Å². The summed E-state index contributed by atoms with van der Waals surface area (Å²) in [6.07, 6.45) is 0. The SMILES string of the molecule is CCNC(=NCc1cccc(C(N)=O)c1)NCC.I. The molecule has 0 spiro atoms. The second kappa shape index (κ2) is 9.60. The Morgan fingerprint density at radius 2 is 1.89 bits per heavy atom. The zero-order valence-corrected chi connectivity index (χ0v) is 13.6. The molecule has 1 rings (SSSR count). The number of guanidine groups is 1. The minimum atomic E-state index is -0.417. The lowest BCUT2D eigenvalue weighted by Gasteiger charge is -2.09. The molecule has 0 aliphatic heterocycles. The average molecular weight is 376 g/mol. The number of carbonyl (C=O) groups excluding carboxylic acids is 1. The summed E-state index contributed by atoms with van der Waals surface area (Å²) in [6.45, 7) is 6.16. The van der Waals surface area contributed by atoms with Gasteiger partial charge in [-0.3, -0.25) is 4.79 Å². The predicted octanol–water partition coefficient (Wildman–Crippen LogP) is 1.48. The van der Waals surface area contributed by atoms with Gasteiger partial charge in [-0.1, -0.05) is 12.1 Å². The van der Waals surface area contributed by atoms with E-state index in [1.165, 1.54) is 0 Å². The standard InChI is InChI=1S/C13H20N4O.HI/c1-3-15-13(16-4-2)17-9-10-6-5-7-11(8-10)12(14)18;/h5-8H,3-4,9H2,1-2H3,(H2,14,18)(H2,15,16,17);1H. The third-order valence-electron chi connectivity index (χ3n) is 2.32. The van der Waals surface area contributed by atoms with E-state index in [1.807, 2.05) is 26.0 Å². The molecule has 1 aromatic carbocycles. The Hall–Kier alpha value is -1.31. The number of nitrogens with zero attached hydrogens (tertiary/aromatic N) is 1. The van der Waals surface area contributed by atoms with E-state index in [-0.39, 0.29) is 24.0 Å². The van der Waals surface area contributed by atoms with Crippen LogP contribution >= 0.6 is 24.0 Å². The fourth-order valence-electron chi connectivity index (χ4n) is 1.50. The maximum absolute atomic E-state index is 11.1. The largest absolute Gasteiger partial charge is 0.366 e. The predicted molar refractivity (Wildman–Crippen MR) is 88.9 cm³/mol. The number of nitrogens with two attached hydrogens (primary N) is 1. The van der Waals surface area contributed by atoms with Gasteiger partial charge in [-0.05, 0) is 31.5 Å². The van der Waals surface area contributed by atoms with Crippen LogP contribution in [0.2, 0.25) is 0 Å². The normalized spacial score (nSPS) is 9.16. The Kier molecular flexibility index (Phi) is 8.94. The third kappa shape index (κ3) is 6.42. The number of rotatable bonds is 5. The molecule has 0 saturated heterocycles.